The molecule has 2 aromatic heterocycles. The average molecular weight is 346 g/mol. The number of amides is 1. The Bertz CT molecular complexity index is 1180. The number of H-pyrrole nitrogens is 1. The van der Waals surface area contributed by atoms with Crippen molar-refractivity contribution in [1.29, 1.82) is 0 Å². The monoisotopic (exact) mass is 346 g/mol. The Morgan fingerprint density at radius 1 is 1.31 bits per heavy atom. The Morgan fingerprint density at radius 3 is 2.88 bits per heavy atom. The van der Waals surface area contributed by atoms with Gasteiger partial charge in [-0.15, -0.1) is 0 Å². The molecule has 0 atom stereocenters. The first-order valence-electron chi connectivity index (χ1n) is 8.03. The van der Waals surface area contributed by atoms with Crippen molar-refractivity contribution in [3.63, 3.8) is 0 Å². The van der Waals surface area contributed by atoms with Gasteiger partial charge in [0.1, 0.15) is 5.82 Å². The SMILES string of the molecule is C=Cc1cncc(Cc2c(F)cc(C(N)=O)c3[nH]c4ccccc4c23)n1. The Labute approximate surface area is 148 Å². The maximum atomic E-state index is 14.9. The number of aromatic nitrogens is 3. The summed E-state index contributed by atoms with van der Waals surface area (Å²) >= 11 is 0. The summed E-state index contributed by atoms with van der Waals surface area (Å²) in [6.07, 6.45) is 5.00. The number of primary amides is 1. The predicted molar refractivity (Wildman–Crippen MR) is 99.2 cm³/mol. The highest BCUT2D eigenvalue weighted by Crippen LogP contribution is 2.33. The fourth-order valence-electron chi connectivity index (χ4n) is 3.22. The molecule has 4 rings (SSSR count). The van der Waals surface area contributed by atoms with E-state index in [-0.39, 0.29) is 12.0 Å². The largest absolute Gasteiger partial charge is 0.366 e. The number of nitrogens with two attached hydrogens (primary N) is 1. The minimum Gasteiger partial charge on any atom is -0.366 e. The summed E-state index contributed by atoms with van der Waals surface area (Å²) in [6, 6.07) is 8.68. The van der Waals surface area contributed by atoms with E-state index in [1.165, 1.54) is 6.07 Å². The maximum absolute atomic E-state index is 14.9. The zero-order chi connectivity index (χ0) is 18.3. The topological polar surface area (TPSA) is 84.7 Å². The Hall–Kier alpha value is -3.54. The van der Waals surface area contributed by atoms with E-state index >= 15 is 0 Å². The summed E-state index contributed by atoms with van der Waals surface area (Å²) in [5, 5.41) is 1.47. The Kier molecular flexibility index (Phi) is 3.73. The molecule has 1 amide bonds. The van der Waals surface area contributed by atoms with Gasteiger partial charge in [-0.2, -0.15) is 0 Å². The van der Waals surface area contributed by atoms with E-state index in [0.717, 1.165) is 10.9 Å². The lowest BCUT2D eigenvalue weighted by Gasteiger charge is -2.09. The molecule has 26 heavy (non-hydrogen) atoms. The van der Waals surface area contributed by atoms with E-state index in [2.05, 4.69) is 21.5 Å². The lowest BCUT2D eigenvalue weighted by molar-refractivity contribution is 0.100. The minimum atomic E-state index is -0.680. The van der Waals surface area contributed by atoms with E-state index in [1.807, 2.05) is 24.3 Å². The number of rotatable bonds is 4. The third kappa shape index (κ3) is 2.52. The predicted octanol–water partition coefficient (Wildman–Crippen LogP) is 3.58. The number of fused-ring (bicyclic) bond motifs is 3. The van der Waals surface area contributed by atoms with Gasteiger partial charge in [0.15, 0.2) is 0 Å². The van der Waals surface area contributed by atoms with Crippen molar-refractivity contribution < 1.29 is 9.18 Å². The molecular weight excluding hydrogens is 331 g/mol. The molecule has 2 heterocycles. The summed E-state index contributed by atoms with van der Waals surface area (Å²) in [5.41, 5.74) is 8.59. The smallest absolute Gasteiger partial charge is 0.250 e. The van der Waals surface area contributed by atoms with Crippen LogP contribution in [0.5, 0.6) is 0 Å². The number of hydrogen-bond donors (Lipinski definition) is 2. The molecule has 0 aliphatic rings. The fraction of sp³-hybridized carbons (Fsp3) is 0.0500. The Morgan fingerprint density at radius 2 is 2.12 bits per heavy atom. The normalized spacial score (nSPS) is 11.1. The van der Waals surface area contributed by atoms with Gasteiger partial charge < -0.3 is 10.7 Å². The van der Waals surface area contributed by atoms with Gasteiger partial charge in [0.2, 0.25) is 0 Å². The van der Waals surface area contributed by atoms with Crippen LogP contribution in [0.2, 0.25) is 0 Å². The molecule has 0 fully saturated rings. The first kappa shape index (κ1) is 16.0. The van der Waals surface area contributed by atoms with Gasteiger partial charge >= 0.3 is 0 Å². The van der Waals surface area contributed by atoms with Crippen LogP contribution in [0.4, 0.5) is 4.39 Å². The van der Waals surface area contributed by atoms with Gasteiger partial charge in [0.05, 0.1) is 28.7 Å². The second-order valence-electron chi connectivity index (χ2n) is 5.99. The van der Waals surface area contributed by atoms with E-state index in [0.29, 0.717) is 27.9 Å². The van der Waals surface area contributed by atoms with Crippen LogP contribution in [0, 0.1) is 5.82 Å². The third-order valence-corrected chi connectivity index (χ3v) is 4.37. The maximum Gasteiger partial charge on any atom is 0.250 e. The Balaban J connectivity index is 2.02. The second-order valence-corrected chi connectivity index (χ2v) is 5.99. The van der Waals surface area contributed by atoms with Crippen molar-refractivity contribution in [3.05, 3.63) is 77.6 Å². The molecule has 6 heteroatoms. The molecule has 0 bridgehead atoms. The summed E-state index contributed by atoms with van der Waals surface area (Å²) in [4.78, 5) is 23.5. The highest BCUT2D eigenvalue weighted by Gasteiger charge is 2.20. The number of halogens is 1. The quantitative estimate of drug-likeness (QED) is 0.592. The number of hydrogen-bond acceptors (Lipinski definition) is 3. The van der Waals surface area contributed by atoms with Crippen LogP contribution in [0.25, 0.3) is 27.9 Å². The van der Waals surface area contributed by atoms with Crippen molar-refractivity contribution in [2.75, 3.05) is 0 Å². The van der Waals surface area contributed by atoms with Gasteiger partial charge in [0, 0.05) is 34.5 Å². The molecule has 128 valence electrons. The van der Waals surface area contributed by atoms with Crippen molar-refractivity contribution in [2.45, 2.75) is 6.42 Å². The highest BCUT2D eigenvalue weighted by atomic mass is 19.1. The average Bonchev–Trinajstić information content (AvgIpc) is 3.03. The van der Waals surface area contributed by atoms with Crippen LogP contribution in [0.15, 0.2) is 49.3 Å². The zero-order valence-corrected chi connectivity index (χ0v) is 13.8. The summed E-state index contributed by atoms with van der Waals surface area (Å²) in [7, 11) is 0. The molecule has 0 aliphatic carbocycles. The molecule has 0 radical (unpaired) electrons. The van der Waals surface area contributed by atoms with Crippen LogP contribution in [-0.2, 0) is 6.42 Å². The summed E-state index contributed by atoms with van der Waals surface area (Å²) < 4.78 is 14.9. The van der Waals surface area contributed by atoms with Crippen LogP contribution in [-0.4, -0.2) is 20.9 Å². The van der Waals surface area contributed by atoms with Crippen LogP contribution < -0.4 is 5.73 Å². The van der Waals surface area contributed by atoms with Gasteiger partial charge in [0.25, 0.3) is 5.91 Å². The number of nitrogens with one attached hydrogen (secondary N) is 1. The first-order chi connectivity index (χ1) is 12.6. The number of aromatic amines is 1. The summed E-state index contributed by atoms with van der Waals surface area (Å²) in [6.45, 7) is 3.68. The number of benzene rings is 2. The van der Waals surface area contributed by atoms with E-state index < -0.39 is 11.7 Å². The van der Waals surface area contributed by atoms with E-state index in [4.69, 9.17) is 5.73 Å². The van der Waals surface area contributed by atoms with Crippen molar-refractivity contribution in [2.24, 2.45) is 5.73 Å². The number of carbonyl (C=O) groups excluding carboxylic acids is 1. The van der Waals surface area contributed by atoms with Crippen LogP contribution in [0.1, 0.15) is 27.3 Å². The fourth-order valence-corrected chi connectivity index (χ4v) is 3.22. The molecule has 2 aromatic carbocycles. The molecule has 3 N–H and O–H groups in total. The number of carbonyl (C=O) groups is 1. The molecular formula is C20H15FN4O. The van der Waals surface area contributed by atoms with Crippen molar-refractivity contribution in [3.8, 4) is 0 Å². The summed E-state index contributed by atoms with van der Waals surface area (Å²) in [5.74, 6) is -1.18. The van der Waals surface area contributed by atoms with Crippen LogP contribution >= 0.6 is 0 Å². The lowest BCUT2D eigenvalue weighted by atomic mass is 9.98. The van der Waals surface area contributed by atoms with Crippen molar-refractivity contribution >= 4 is 33.8 Å². The molecule has 4 aromatic rings. The first-order valence-corrected chi connectivity index (χ1v) is 8.03. The van der Waals surface area contributed by atoms with Crippen molar-refractivity contribution in [1.82, 2.24) is 15.0 Å². The molecule has 0 unspecified atom stereocenters. The van der Waals surface area contributed by atoms with Gasteiger partial charge in [-0.1, -0.05) is 24.8 Å². The number of para-hydroxylation sites is 1. The third-order valence-electron chi connectivity index (χ3n) is 4.37. The minimum absolute atomic E-state index is 0.128. The second kappa shape index (κ2) is 6.07. The number of nitrogens with zero attached hydrogens (tertiary/aromatic N) is 2. The standard InChI is InChI=1S/C20H15FN4O/c1-2-11-9-23-10-12(24-11)7-14-16(21)8-15(20(22)26)19-18(14)13-5-3-4-6-17(13)25-19/h2-6,8-10,25H,1,7H2,(H2,22,26). The highest BCUT2D eigenvalue weighted by molar-refractivity contribution is 6.16. The van der Waals surface area contributed by atoms with Gasteiger partial charge in [-0.05, 0) is 18.2 Å². The lowest BCUT2D eigenvalue weighted by Crippen LogP contribution is -2.13. The van der Waals surface area contributed by atoms with Gasteiger partial charge in [-0.3, -0.25) is 9.78 Å². The molecule has 5 nitrogen and oxygen atoms in total. The van der Waals surface area contributed by atoms with Crippen LogP contribution in [0.3, 0.4) is 0 Å². The molecule has 0 spiro atoms. The van der Waals surface area contributed by atoms with E-state index in [9.17, 15) is 9.18 Å². The molecule has 0 saturated heterocycles. The zero-order valence-electron chi connectivity index (χ0n) is 13.8. The van der Waals surface area contributed by atoms with Gasteiger partial charge in [-0.25, -0.2) is 9.37 Å². The van der Waals surface area contributed by atoms with E-state index in [1.54, 1.807) is 18.5 Å². The molecule has 0 aliphatic heterocycles. The molecule has 0 saturated carbocycles.